The molecule has 1 atom stereocenters. The second-order valence-electron chi connectivity index (χ2n) is 8.98. The molecule has 0 aromatic carbocycles. The summed E-state index contributed by atoms with van der Waals surface area (Å²) in [6.45, 7) is 10.7. The van der Waals surface area contributed by atoms with E-state index in [2.05, 4.69) is 37.9 Å². The standard InChI is InChI=1S/C28H55N/c1-4-7-9-11-12-13-14-15-16-17-20-24-28(6-3)25-21-19-23-27-29-26-22-18-10-8-5-2/h5,19,21,28-29H,2,4,6-18,20,22-27H2,1,3H3/b21-19+. The van der Waals surface area contributed by atoms with Crippen LogP contribution in [0.3, 0.4) is 0 Å². The van der Waals surface area contributed by atoms with Crippen LogP contribution >= 0.6 is 0 Å². The minimum Gasteiger partial charge on any atom is -0.316 e. The molecule has 0 spiro atoms. The fraction of sp³-hybridized carbons (Fsp3) is 0.857. The van der Waals surface area contributed by atoms with E-state index in [4.69, 9.17) is 0 Å². The first-order chi connectivity index (χ1) is 14.3. The number of allylic oxidation sites excluding steroid dienone is 2. The molecule has 0 fully saturated rings. The van der Waals surface area contributed by atoms with E-state index >= 15 is 0 Å². The lowest BCUT2D eigenvalue weighted by Gasteiger charge is -2.12. The molecule has 0 rings (SSSR count). The van der Waals surface area contributed by atoms with Crippen molar-refractivity contribution >= 4 is 0 Å². The highest BCUT2D eigenvalue weighted by Crippen LogP contribution is 2.19. The minimum atomic E-state index is 0.905. The lowest BCUT2D eigenvalue weighted by molar-refractivity contribution is 0.440. The van der Waals surface area contributed by atoms with Crippen LogP contribution in [-0.2, 0) is 0 Å². The lowest BCUT2D eigenvalue weighted by Crippen LogP contribution is -2.15. The Balaban J connectivity index is 3.38. The number of rotatable bonds is 24. The van der Waals surface area contributed by atoms with Gasteiger partial charge >= 0.3 is 0 Å². The van der Waals surface area contributed by atoms with Crippen molar-refractivity contribution in [2.45, 2.75) is 136 Å². The Morgan fingerprint density at radius 2 is 1.28 bits per heavy atom. The molecular formula is C28H55N. The molecule has 0 radical (unpaired) electrons. The number of hydrogen-bond donors (Lipinski definition) is 1. The SMILES string of the molecule is C=CCCCCCNCC/C=C/CC(CC)CCCCCCCCCCCCC. The maximum absolute atomic E-state index is 3.78. The second-order valence-corrected chi connectivity index (χ2v) is 8.98. The van der Waals surface area contributed by atoms with Crippen molar-refractivity contribution in [3.63, 3.8) is 0 Å². The molecule has 1 nitrogen and oxygen atoms in total. The molecule has 0 aliphatic carbocycles. The molecule has 0 saturated heterocycles. The molecule has 0 aromatic heterocycles. The van der Waals surface area contributed by atoms with Crippen LogP contribution in [0.1, 0.15) is 136 Å². The van der Waals surface area contributed by atoms with Crippen LogP contribution in [0.5, 0.6) is 0 Å². The zero-order valence-corrected chi connectivity index (χ0v) is 20.4. The summed E-state index contributed by atoms with van der Waals surface area (Å²) in [7, 11) is 0. The summed E-state index contributed by atoms with van der Waals surface area (Å²) in [4.78, 5) is 0. The maximum Gasteiger partial charge on any atom is -0.00143 e. The van der Waals surface area contributed by atoms with Crippen LogP contribution in [0.15, 0.2) is 24.8 Å². The van der Waals surface area contributed by atoms with E-state index in [1.54, 1.807) is 0 Å². The van der Waals surface area contributed by atoms with Gasteiger partial charge in [-0.3, -0.25) is 0 Å². The van der Waals surface area contributed by atoms with Gasteiger partial charge in [0.25, 0.3) is 0 Å². The summed E-state index contributed by atoms with van der Waals surface area (Å²) >= 11 is 0. The van der Waals surface area contributed by atoms with E-state index in [1.165, 1.54) is 129 Å². The van der Waals surface area contributed by atoms with E-state index < -0.39 is 0 Å². The average Bonchev–Trinajstić information content (AvgIpc) is 2.74. The van der Waals surface area contributed by atoms with Gasteiger partial charge < -0.3 is 5.32 Å². The van der Waals surface area contributed by atoms with Crippen molar-refractivity contribution < 1.29 is 0 Å². The first-order valence-electron chi connectivity index (χ1n) is 13.3. The smallest absolute Gasteiger partial charge is 0.00143 e. The zero-order chi connectivity index (χ0) is 21.3. The summed E-state index contributed by atoms with van der Waals surface area (Å²) in [5.74, 6) is 0.905. The van der Waals surface area contributed by atoms with Crippen LogP contribution in [-0.4, -0.2) is 13.1 Å². The van der Waals surface area contributed by atoms with Crippen molar-refractivity contribution in [2.24, 2.45) is 5.92 Å². The molecule has 172 valence electrons. The van der Waals surface area contributed by atoms with Gasteiger partial charge in [0.05, 0.1) is 0 Å². The maximum atomic E-state index is 3.78. The van der Waals surface area contributed by atoms with Crippen LogP contribution in [0.4, 0.5) is 0 Å². The Bertz CT molecular complexity index is 333. The Labute approximate surface area is 185 Å². The fourth-order valence-electron chi connectivity index (χ4n) is 4.02. The van der Waals surface area contributed by atoms with Gasteiger partial charge in [-0.25, -0.2) is 0 Å². The van der Waals surface area contributed by atoms with Gasteiger partial charge in [-0.05, 0) is 51.1 Å². The monoisotopic (exact) mass is 405 g/mol. The third kappa shape index (κ3) is 23.6. The zero-order valence-electron chi connectivity index (χ0n) is 20.4. The molecule has 0 bridgehead atoms. The van der Waals surface area contributed by atoms with Gasteiger partial charge in [-0.15, -0.1) is 6.58 Å². The van der Waals surface area contributed by atoms with Gasteiger partial charge in [0, 0.05) is 0 Å². The lowest BCUT2D eigenvalue weighted by atomic mass is 9.94. The summed E-state index contributed by atoms with van der Waals surface area (Å²) in [5, 5.41) is 3.56. The summed E-state index contributed by atoms with van der Waals surface area (Å²) in [6, 6.07) is 0. The first-order valence-corrected chi connectivity index (χ1v) is 13.3. The van der Waals surface area contributed by atoms with Gasteiger partial charge in [-0.1, -0.05) is 122 Å². The van der Waals surface area contributed by atoms with Crippen LogP contribution in [0, 0.1) is 5.92 Å². The van der Waals surface area contributed by atoms with Gasteiger partial charge in [0.2, 0.25) is 0 Å². The molecule has 1 N–H and O–H groups in total. The molecule has 0 aliphatic rings. The Morgan fingerprint density at radius 1 is 0.655 bits per heavy atom. The summed E-state index contributed by atoms with van der Waals surface area (Å²) in [6.07, 6.45) is 33.1. The highest BCUT2D eigenvalue weighted by molar-refractivity contribution is 4.84. The van der Waals surface area contributed by atoms with Crippen molar-refractivity contribution in [1.82, 2.24) is 5.32 Å². The molecule has 0 aliphatic heterocycles. The van der Waals surface area contributed by atoms with Crippen molar-refractivity contribution in [2.75, 3.05) is 13.1 Å². The van der Waals surface area contributed by atoms with E-state index in [9.17, 15) is 0 Å². The van der Waals surface area contributed by atoms with Gasteiger partial charge in [0.15, 0.2) is 0 Å². The quantitative estimate of drug-likeness (QED) is 0.124. The summed E-state index contributed by atoms with van der Waals surface area (Å²) < 4.78 is 0. The van der Waals surface area contributed by atoms with Gasteiger partial charge in [0.1, 0.15) is 0 Å². The molecular weight excluding hydrogens is 350 g/mol. The molecule has 0 heterocycles. The predicted octanol–water partition coefficient (Wildman–Crippen LogP) is 9.39. The van der Waals surface area contributed by atoms with Gasteiger partial charge in [-0.2, -0.15) is 0 Å². The summed E-state index contributed by atoms with van der Waals surface area (Å²) in [5.41, 5.74) is 0. The average molecular weight is 406 g/mol. The highest BCUT2D eigenvalue weighted by Gasteiger charge is 2.03. The minimum absolute atomic E-state index is 0.905. The third-order valence-electron chi connectivity index (χ3n) is 6.18. The first kappa shape index (κ1) is 28.4. The normalized spacial score (nSPS) is 12.6. The highest BCUT2D eigenvalue weighted by atomic mass is 14.8. The van der Waals surface area contributed by atoms with E-state index in [1.807, 2.05) is 6.08 Å². The number of unbranched alkanes of at least 4 members (excludes halogenated alkanes) is 13. The largest absolute Gasteiger partial charge is 0.316 e. The predicted molar refractivity (Wildman–Crippen MR) is 135 cm³/mol. The Hall–Kier alpha value is -0.560. The van der Waals surface area contributed by atoms with E-state index in [-0.39, 0.29) is 0 Å². The number of hydrogen-bond acceptors (Lipinski definition) is 1. The Kier molecular flexibility index (Phi) is 25.0. The van der Waals surface area contributed by atoms with Crippen molar-refractivity contribution in [3.8, 4) is 0 Å². The fourth-order valence-corrected chi connectivity index (χ4v) is 4.02. The molecule has 1 unspecified atom stereocenters. The number of nitrogens with one attached hydrogen (secondary N) is 1. The molecule has 0 saturated carbocycles. The van der Waals surface area contributed by atoms with E-state index in [0.717, 1.165) is 12.5 Å². The molecule has 0 aromatic rings. The second kappa shape index (κ2) is 25.5. The van der Waals surface area contributed by atoms with Crippen LogP contribution in [0.25, 0.3) is 0 Å². The van der Waals surface area contributed by atoms with Crippen LogP contribution in [0.2, 0.25) is 0 Å². The third-order valence-corrected chi connectivity index (χ3v) is 6.18. The molecule has 1 heteroatoms. The molecule has 29 heavy (non-hydrogen) atoms. The topological polar surface area (TPSA) is 12.0 Å². The Morgan fingerprint density at radius 3 is 1.90 bits per heavy atom. The van der Waals surface area contributed by atoms with Crippen LogP contribution < -0.4 is 5.32 Å². The van der Waals surface area contributed by atoms with E-state index in [0.29, 0.717) is 0 Å². The molecule has 0 amide bonds. The van der Waals surface area contributed by atoms with Crippen molar-refractivity contribution in [1.29, 1.82) is 0 Å². The van der Waals surface area contributed by atoms with Crippen molar-refractivity contribution in [3.05, 3.63) is 24.8 Å².